The van der Waals surface area contributed by atoms with Crippen LogP contribution in [0, 0.1) is 0 Å². The molecule has 0 amide bonds. The summed E-state index contributed by atoms with van der Waals surface area (Å²) >= 11 is 6.08. The molecule has 5 heteroatoms. The molecule has 0 aliphatic heterocycles. The van der Waals surface area contributed by atoms with Gasteiger partial charge in [0.05, 0.1) is 4.90 Å². The zero-order valence-electron chi connectivity index (χ0n) is 17.2. The van der Waals surface area contributed by atoms with E-state index >= 15 is 0 Å². The van der Waals surface area contributed by atoms with E-state index in [-0.39, 0.29) is 16.9 Å². The van der Waals surface area contributed by atoms with E-state index in [1.165, 1.54) is 0 Å². The highest BCUT2D eigenvalue weighted by Gasteiger charge is 2.25. The Hall–Kier alpha value is -2.66. The molecule has 0 bridgehead atoms. The summed E-state index contributed by atoms with van der Waals surface area (Å²) in [5.74, 6) is -0.0464. The van der Waals surface area contributed by atoms with Crippen molar-refractivity contribution in [1.82, 2.24) is 4.72 Å². The highest BCUT2D eigenvalue weighted by Crippen LogP contribution is 2.27. The van der Waals surface area contributed by atoms with Gasteiger partial charge in [-0.1, -0.05) is 84.4 Å². The van der Waals surface area contributed by atoms with Gasteiger partial charge in [0.15, 0.2) is 0 Å². The number of halogens is 1. The molecule has 0 aromatic heterocycles. The van der Waals surface area contributed by atoms with Crippen molar-refractivity contribution in [3.8, 4) is 0 Å². The molecule has 2 unspecified atom stereocenters. The zero-order chi connectivity index (χ0) is 21.8. The highest BCUT2D eigenvalue weighted by atomic mass is 35.5. The summed E-state index contributed by atoms with van der Waals surface area (Å²) in [6.07, 6.45) is 0.712. The van der Waals surface area contributed by atoms with E-state index < -0.39 is 10.0 Å². The quantitative estimate of drug-likeness (QED) is 0.365. The SMILES string of the molecule is CC(NS(=O)(=O)c1ccc2ccccc2c1)C(Cc1ccccc1)c1ccc(Cl)cc1. The number of benzene rings is 4. The van der Waals surface area contributed by atoms with Crippen LogP contribution in [0.15, 0.2) is 102 Å². The Kier molecular flexibility index (Phi) is 6.42. The van der Waals surface area contributed by atoms with E-state index in [0.717, 1.165) is 21.9 Å². The molecule has 0 fully saturated rings. The molecular weight excluding hydrogens is 426 g/mol. The summed E-state index contributed by atoms with van der Waals surface area (Å²) in [6.45, 7) is 1.92. The summed E-state index contributed by atoms with van der Waals surface area (Å²) in [4.78, 5) is 0.271. The minimum Gasteiger partial charge on any atom is -0.208 e. The van der Waals surface area contributed by atoms with Gasteiger partial charge in [-0.3, -0.25) is 0 Å². The van der Waals surface area contributed by atoms with Crippen LogP contribution in [-0.4, -0.2) is 14.5 Å². The Balaban J connectivity index is 1.63. The van der Waals surface area contributed by atoms with Crippen LogP contribution in [0.4, 0.5) is 0 Å². The predicted molar refractivity (Wildman–Crippen MR) is 128 cm³/mol. The first-order valence-corrected chi connectivity index (χ1v) is 12.1. The van der Waals surface area contributed by atoms with Crippen molar-refractivity contribution in [3.63, 3.8) is 0 Å². The Morgan fingerprint density at radius 3 is 2.16 bits per heavy atom. The second-order valence-corrected chi connectivity index (χ2v) is 9.92. The molecule has 4 aromatic carbocycles. The molecule has 4 aromatic rings. The molecule has 2 atom stereocenters. The summed E-state index contributed by atoms with van der Waals surface area (Å²) in [5, 5.41) is 2.57. The summed E-state index contributed by atoms with van der Waals surface area (Å²) in [6, 6.07) is 30.4. The number of hydrogen-bond acceptors (Lipinski definition) is 2. The average molecular weight is 450 g/mol. The Morgan fingerprint density at radius 1 is 0.806 bits per heavy atom. The first kappa shape index (κ1) is 21.6. The van der Waals surface area contributed by atoms with Gasteiger partial charge in [-0.25, -0.2) is 13.1 Å². The van der Waals surface area contributed by atoms with Gasteiger partial charge < -0.3 is 0 Å². The maximum atomic E-state index is 13.2. The minimum absolute atomic E-state index is 0.0464. The van der Waals surface area contributed by atoms with Crippen LogP contribution in [0.1, 0.15) is 24.0 Å². The lowest BCUT2D eigenvalue weighted by Gasteiger charge is -2.26. The lowest BCUT2D eigenvalue weighted by atomic mass is 9.87. The summed E-state index contributed by atoms with van der Waals surface area (Å²) in [7, 11) is -3.68. The molecule has 0 radical (unpaired) electrons. The van der Waals surface area contributed by atoms with Crippen molar-refractivity contribution in [2.45, 2.75) is 30.2 Å². The van der Waals surface area contributed by atoms with Crippen LogP contribution in [0.3, 0.4) is 0 Å². The first-order valence-electron chi connectivity index (χ1n) is 10.2. The number of sulfonamides is 1. The molecule has 158 valence electrons. The van der Waals surface area contributed by atoms with Gasteiger partial charge in [0.2, 0.25) is 10.0 Å². The fraction of sp³-hybridized carbons (Fsp3) is 0.154. The molecule has 31 heavy (non-hydrogen) atoms. The van der Waals surface area contributed by atoms with E-state index in [1.54, 1.807) is 12.1 Å². The smallest absolute Gasteiger partial charge is 0.208 e. The number of fused-ring (bicyclic) bond motifs is 1. The molecule has 0 spiro atoms. The van der Waals surface area contributed by atoms with Gasteiger partial charge in [-0.2, -0.15) is 0 Å². The van der Waals surface area contributed by atoms with Gasteiger partial charge in [0.25, 0.3) is 0 Å². The lowest BCUT2D eigenvalue weighted by molar-refractivity contribution is 0.503. The van der Waals surface area contributed by atoms with Gasteiger partial charge >= 0.3 is 0 Å². The molecule has 0 saturated carbocycles. The van der Waals surface area contributed by atoms with Crippen LogP contribution in [-0.2, 0) is 16.4 Å². The van der Waals surface area contributed by atoms with Crippen molar-refractivity contribution >= 4 is 32.4 Å². The minimum atomic E-state index is -3.68. The Labute approximate surface area is 188 Å². The molecule has 0 aliphatic rings. The van der Waals surface area contributed by atoms with E-state index in [4.69, 9.17) is 11.6 Å². The molecule has 0 heterocycles. The van der Waals surface area contributed by atoms with Crippen LogP contribution in [0.2, 0.25) is 5.02 Å². The summed E-state index contributed by atoms with van der Waals surface area (Å²) in [5.41, 5.74) is 2.20. The van der Waals surface area contributed by atoms with Gasteiger partial charge in [-0.15, -0.1) is 0 Å². The molecule has 1 N–H and O–H groups in total. The van der Waals surface area contributed by atoms with Crippen LogP contribution >= 0.6 is 11.6 Å². The van der Waals surface area contributed by atoms with Gasteiger partial charge in [0, 0.05) is 17.0 Å². The monoisotopic (exact) mass is 449 g/mol. The van der Waals surface area contributed by atoms with Crippen molar-refractivity contribution in [2.24, 2.45) is 0 Å². The molecule has 0 saturated heterocycles. The van der Waals surface area contributed by atoms with E-state index in [1.807, 2.05) is 79.7 Å². The van der Waals surface area contributed by atoms with Crippen LogP contribution in [0.25, 0.3) is 10.8 Å². The van der Waals surface area contributed by atoms with Crippen LogP contribution < -0.4 is 4.72 Å². The Bertz CT molecular complexity index is 1270. The topological polar surface area (TPSA) is 46.2 Å². The molecule has 4 rings (SSSR count). The largest absolute Gasteiger partial charge is 0.240 e. The van der Waals surface area contributed by atoms with Crippen LogP contribution in [0.5, 0.6) is 0 Å². The predicted octanol–water partition coefficient (Wildman–Crippen LogP) is 6.19. The third-order valence-corrected chi connectivity index (χ3v) is 7.38. The maximum absolute atomic E-state index is 13.2. The third-order valence-electron chi connectivity index (χ3n) is 5.57. The number of rotatable bonds is 7. The third kappa shape index (κ3) is 5.16. The maximum Gasteiger partial charge on any atom is 0.240 e. The van der Waals surface area contributed by atoms with Crippen molar-refractivity contribution in [2.75, 3.05) is 0 Å². The second kappa shape index (κ2) is 9.23. The fourth-order valence-corrected chi connectivity index (χ4v) is 5.34. The summed E-state index contributed by atoms with van der Waals surface area (Å²) < 4.78 is 29.3. The lowest BCUT2D eigenvalue weighted by Crippen LogP contribution is -2.37. The molecule has 3 nitrogen and oxygen atoms in total. The van der Waals surface area contributed by atoms with Gasteiger partial charge in [-0.05, 0) is 59.5 Å². The van der Waals surface area contributed by atoms with E-state index in [9.17, 15) is 8.42 Å². The van der Waals surface area contributed by atoms with E-state index in [2.05, 4.69) is 16.9 Å². The molecular formula is C26H24ClNO2S. The number of nitrogens with one attached hydrogen (secondary N) is 1. The fourth-order valence-electron chi connectivity index (χ4n) is 3.89. The first-order chi connectivity index (χ1) is 14.9. The molecule has 0 aliphatic carbocycles. The normalized spacial score (nSPS) is 13.7. The van der Waals surface area contributed by atoms with Gasteiger partial charge in [0.1, 0.15) is 0 Å². The number of hydrogen-bond donors (Lipinski definition) is 1. The zero-order valence-corrected chi connectivity index (χ0v) is 18.8. The van der Waals surface area contributed by atoms with E-state index in [0.29, 0.717) is 11.4 Å². The van der Waals surface area contributed by atoms with Crippen molar-refractivity contribution in [1.29, 1.82) is 0 Å². The highest BCUT2D eigenvalue weighted by molar-refractivity contribution is 7.89. The second-order valence-electron chi connectivity index (χ2n) is 7.77. The van der Waals surface area contributed by atoms with Crippen molar-refractivity contribution < 1.29 is 8.42 Å². The standard InChI is InChI=1S/C26H24ClNO2S/c1-19(28-31(29,30)25-16-13-21-9-5-6-10-23(21)18-25)26(17-20-7-3-2-4-8-20)22-11-14-24(27)15-12-22/h2-16,18-19,26,28H,17H2,1H3. The van der Waals surface area contributed by atoms with Crippen molar-refractivity contribution in [3.05, 3.63) is 113 Å². The Morgan fingerprint density at radius 2 is 1.45 bits per heavy atom. The average Bonchev–Trinajstić information content (AvgIpc) is 2.78.